The van der Waals surface area contributed by atoms with Crippen LogP contribution >= 0.6 is 11.6 Å². The van der Waals surface area contributed by atoms with E-state index in [2.05, 4.69) is 10.3 Å². The third-order valence-electron chi connectivity index (χ3n) is 2.65. The van der Waals surface area contributed by atoms with E-state index in [0.29, 0.717) is 16.4 Å². The quantitative estimate of drug-likeness (QED) is 0.836. The lowest BCUT2D eigenvalue weighted by Gasteiger charge is -2.09. The van der Waals surface area contributed by atoms with Crippen LogP contribution in [-0.4, -0.2) is 15.5 Å². The number of amides is 1. The fourth-order valence-corrected chi connectivity index (χ4v) is 1.80. The van der Waals surface area contributed by atoms with E-state index in [9.17, 15) is 9.59 Å². The Morgan fingerprint density at radius 2 is 2.25 bits per heavy atom. The highest BCUT2D eigenvalue weighted by Crippen LogP contribution is 2.22. The molecule has 1 aromatic carbocycles. The van der Waals surface area contributed by atoms with Crippen molar-refractivity contribution in [1.82, 2.24) is 9.55 Å². The summed E-state index contributed by atoms with van der Waals surface area (Å²) in [5, 5.41) is 3.14. The Labute approximate surface area is 120 Å². The summed E-state index contributed by atoms with van der Waals surface area (Å²) in [6.45, 7) is 0.249. The SMILES string of the molecule is Nc1ccc(Cl)cc1NC(=O)CCn1cccnc1=O. The number of rotatable bonds is 4. The summed E-state index contributed by atoms with van der Waals surface area (Å²) in [5.41, 5.74) is 6.24. The minimum absolute atomic E-state index is 0.136. The van der Waals surface area contributed by atoms with Gasteiger partial charge in [-0.3, -0.25) is 9.36 Å². The van der Waals surface area contributed by atoms with E-state index >= 15 is 0 Å². The van der Waals surface area contributed by atoms with E-state index < -0.39 is 0 Å². The standard InChI is InChI=1S/C13H13ClN4O2/c14-9-2-3-10(15)11(8-9)17-12(19)4-7-18-6-1-5-16-13(18)20/h1-3,5-6,8H,4,7,15H2,(H,17,19). The molecule has 0 fully saturated rings. The molecule has 3 N–H and O–H groups in total. The van der Waals surface area contributed by atoms with Crippen LogP contribution in [0.2, 0.25) is 5.02 Å². The molecule has 0 aliphatic heterocycles. The number of aryl methyl sites for hydroxylation is 1. The summed E-state index contributed by atoms with van der Waals surface area (Å²) in [7, 11) is 0. The molecule has 7 heteroatoms. The van der Waals surface area contributed by atoms with E-state index in [1.165, 1.54) is 10.8 Å². The number of carbonyl (C=O) groups excluding carboxylic acids is 1. The molecule has 0 atom stereocenters. The van der Waals surface area contributed by atoms with E-state index in [-0.39, 0.29) is 24.6 Å². The average Bonchev–Trinajstić information content (AvgIpc) is 2.42. The van der Waals surface area contributed by atoms with E-state index in [0.717, 1.165) is 0 Å². The van der Waals surface area contributed by atoms with Crippen LogP contribution in [-0.2, 0) is 11.3 Å². The maximum absolute atomic E-state index is 11.8. The predicted molar refractivity (Wildman–Crippen MR) is 77.6 cm³/mol. The number of nitrogens with zero attached hydrogens (tertiary/aromatic N) is 2. The molecule has 1 amide bonds. The molecule has 0 unspecified atom stereocenters. The first-order chi connectivity index (χ1) is 9.56. The molecule has 2 aromatic rings. The maximum Gasteiger partial charge on any atom is 0.347 e. The van der Waals surface area contributed by atoms with Gasteiger partial charge in [0.05, 0.1) is 11.4 Å². The van der Waals surface area contributed by atoms with Gasteiger partial charge in [-0.05, 0) is 24.3 Å². The van der Waals surface area contributed by atoms with Gasteiger partial charge >= 0.3 is 5.69 Å². The summed E-state index contributed by atoms with van der Waals surface area (Å²) in [6, 6.07) is 6.46. The normalized spacial score (nSPS) is 10.2. The lowest BCUT2D eigenvalue weighted by atomic mass is 10.2. The third kappa shape index (κ3) is 3.58. The van der Waals surface area contributed by atoms with Crippen LogP contribution in [0, 0.1) is 0 Å². The second-order valence-corrected chi connectivity index (χ2v) is 4.56. The summed E-state index contributed by atoms with van der Waals surface area (Å²) in [6.07, 6.45) is 3.12. The summed E-state index contributed by atoms with van der Waals surface area (Å²) < 4.78 is 1.36. The molecule has 0 aliphatic rings. The summed E-state index contributed by atoms with van der Waals surface area (Å²) in [4.78, 5) is 26.8. The molecule has 6 nitrogen and oxygen atoms in total. The van der Waals surface area contributed by atoms with Gasteiger partial charge in [0, 0.05) is 30.4 Å². The van der Waals surface area contributed by atoms with Gasteiger partial charge in [0.15, 0.2) is 0 Å². The topological polar surface area (TPSA) is 90.0 Å². The fourth-order valence-electron chi connectivity index (χ4n) is 1.63. The van der Waals surface area contributed by atoms with Crippen molar-refractivity contribution in [2.45, 2.75) is 13.0 Å². The summed E-state index contributed by atoms with van der Waals surface area (Å²) in [5.74, 6) is -0.255. The van der Waals surface area contributed by atoms with Crippen LogP contribution in [0.1, 0.15) is 6.42 Å². The Balaban J connectivity index is 1.98. The smallest absolute Gasteiger partial charge is 0.347 e. The fraction of sp³-hybridized carbons (Fsp3) is 0.154. The van der Waals surface area contributed by atoms with Gasteiger partial charge < -0.3 is 11.1 Å². The van der Waals surface area contributed by atoms with Crippen molar-refractivity contribution in [2.75, 3.05) is 11.1 Å². The number of benzene rings is 1. The number of nitrogens with two attached hydrogens (primary N) is 1. The molecule has 0 radical (unpaired) electrons. The molecule has 0 saturated carbocycles. The first-order valence-electron chi connectivity index (χ1n) is 5.92. The number of hydrogen-bond acceptors (Lipinski definition) is 4. The second-order valence-electron chi connectivity index (χ2n) is 4.13. The van der Waals surface area contributed by atoms with Crippen molar-refractivity contribution < 1.29 is 4.79 Å². The minimum atomic E-state index is -0.387. The average molecular weight is 293 g/mol. The number of nitrogen functional groups attached to an aromatic ring is 1. The highest BCUT2D eigenvalue weighted by Gasteiger charge is 2.07. The van der Waals surface area contributed by atoms with Gasteiger partial charge in [0.2, 0.25) is 5.91 Å². The molecular weight excluding hydrogens is 280 g/mol. The predicted octanol–water partition coefficient (Wildman–Crippen LogP) is 1.51. The minimum Gasteiger partial charge on any atom is -0.397 e. The molecule has 20 heavy (non-hydrogen) atoms. The van der Waals surface area contributed by atoms with Crippen LogP contribution in [0.15, 0.2) is 41.5 Å². The second kappa shape index (κ2) is 6.21. The van der Waals surface area contributed by atoms with Crippen molar-refractivity contribution in [3.05, 3.63) is 52.2 Å². The zero-order valence-corrected chi connectivity index (χ0v) is 11.3. The molecule has 1 heterocycles. The Morgan fingerprint density at radius 3 is 3.00 bits per heavy atom. The highest BCUT2D eigenvalue weighted by atomic mass is 35.5. The lowest BCUT2D eigenvalue weighted by molar-refractivity contribution is -0.116. The Kier molecular flexibility index (Phi) is 4.37. The van der Waals surface area contributed by atoms with Crippen LogP contribution in [0.5, 0.6) is 0 Å². The highest BCUT2D eigenvalue weighted by molar-refractivity contribution is 6.31. The van der Waals surface area contributed by atoms with Gasteiger partial charge in [-0.25, -0.2) is 9.78 Å². The first-order valence-corrected chi connectivity index (χ1v) is 6.30. The third-order valence-corrected chi connectivity index (χ3v) is 2.89. The number of halogens is 1. The Morgan fingerprint density at radius 1 is 1.45 bits per heavy atom. The molecular formula is C13H13ClN4O2. The summed E-state index contributed by atoms with van der Waals surface area (Å²) >= 11 is 5.83. The molecule has 1 aromatic heterocycles. The molecule has 104 valence electrons. The van der Waals surface area contributed by atoms with Crippen molar-refractivity contribution in [3.63, 3.8) is 0 Å². The molecule has 0 spiro atoms. The largest absolute Gasteiger partial charge is 0.397 e. The lowest BCUT2D eigenvalue weighted by Crippen LogP contribution is -2.24. The number of aromatic nitrogens is 2. The number of carbonyl (C=O) groups is 1. The van der Waals surface area contributed by atoms with Gasteiger partial charge in [0.25, 0.3) is 0 Å². The van der Waals surface area contributed by atoms with Crippen LogP contribution < -0.4 is 16.7 Å². The van der Waals surface area contributed by atoms with Crippen LogP contribution in [0.25, 0.3) is 0 Å². The van der Waals surface area contributed by atoms with E-state index in [4.69, 9.17) is 17.3 Å². The zero-order chi connectivity index (χ0) is 14.5. The first kappa shape index (κ1) is 14.1. The number of hydrogen-bond donors (Lipinski definition) is 2. The molecule has 0 saturated heterocycles. The maximum atomic E-state index is 11.8. The van der Waals surface area contributed by atoms with Crippen LogP contribution in [0.3, 0.4) is 0 Å². The van der Waals surface area contributed by atoms with Crippen molar-refractivity contribution >= 4 is 28.9 Å². The molecule has 0 aliphatic carbocycles. The van der Waals surface area contributed by atoms with Gasteiger partial charge in [-0.1, -0.05) is 11.6 Å². The van der Waals surface area contributed by atoms with E-state index in [1.807, 2.05) is 0 Å². The Bertz CT molecular complexity index is 684. The Hall–Kier alpha value is -2.34. The van der Waals surface area contributed by atoms with Crippen molar-refractivity contribution in [3.8, 4) is 0 Å². The van der Waals surface area contributed by atoms with Gasteiger partial charge in [0.1, 0.15) is 0 Å². The monoisotopic (exact) mass is 292 g/mol. The molecule has 0 bridgehead atoms. The van der Waals surface area contributed by atoms with Crippen molar-refractivity contribution in [1.29, 1.82) is 0 Å². The number of anilines is 2. The van der Waals surface area contributed by atoms with E-state index in [1.54, 1.807) is 30.5 Å². The molecule has 2 rings (SSSR count). The van der Waals surface area contributed by atoms with Crippen LogP contribution in [0.4, 0.5) is 11.4 Å². The zero-order valence-electron chi connectivity index (χ0n) is 10.5. The number of nitrogens with one attached hydrogen (secondary N) is 1. The van der Waals surface area contributed by atoms with Crippen molar-refractivity contribution in [2.24, 2.45) is 0 Å². The van der Waals surface area contributed by atoms with Gasteiger partial charge in [-0.2, -0.15) is 0 Å². The van der Waals surface area contributed by atoms with Gasteiger partial charge in [-0.15, -0.1) is 0 Å².